The quantitative estimate of drug-likeness (QED) is 0.751. The number of nitrogens with one attached hydrogen (secondary N) is 2. The Bertz CT molecular complexity index is 873. The predicted octanol–water partition coefficient (Wildman–Crippen LogP) is 3.22. The number of carbonyl (C=O) groups excluding carboxylic acids is 1. The lowest BCUT2D eigenvalue weighted by Gasteiger charge is -2.00. The Labute approximate surface area is 135 Å². The summed E-state index contributed by atoms with van der Waals surface area (Å²) in [7, 11) is 0. The van der Waals surface area contributed by atoms with E-state index in [1.807, 2.05) is 6.92 Å². The van der Waals surface area contributed by atoms with Gasteiger partial charge in [0.15, 0.2) is 17.5 Å². The Hall–Kier alpha value is -3.03. The molecule has 0 saturated carbocycles. The number of amides is 1. The Balaban J connectivity index is 1.60. The van der Waals surface area contributed by atoms with Crippen molar-refractivity contribution in [3.63, 3.8) is 0 Å². The Morgan fingerprint density at radius 3 is 2.88 bits per heavy atom. The molecular weight excluding hydrogens is 318 g/mol. The lowest BCUT2D eigenvalue weighted by molar-refractivity contribution is -0.116. The van der Waals surface area contributed by atoms with Crippen molar-refractivity contribution in [2.24, 2.45) is 0 Å². The molecule has 1 amide bonds. The molecule has 0 fully saturated rings. The van der Waals surface area contributed by atoms with Crippen LogP contribution in [0.15, 0.2) is 34.9 Å². The number of carbonyl (C=O) groups is 1. The number of nitrogens with zero attached hydrogens (tertiary/aromatic N) is 2. The summed E-state index contributed by atoms with van der Waals surface area (Å²) in [5, 5.41) is 9.26. The first-order chi connectivity index (χ1) is 11.5. The van der Waals surface area contributed by atoms with E-state index in [1.165, 1.54) is 12.3 Å². The molecule has 1 aromatic carbocycles. The largest absolute Gasteiger partial charge is 0.441 e. The molecule has 3 aromatic rings. The van der Waals surface area contributed by atoms with Crippen LogP contribution in [0, 0.1) is 18.6 Å². The minimum Gasteiger partial charge on any atom is -0.441 e. The monoisotopic (exact) mass is 332 g/mol. The summed E-state index contributed by atoms with van der Waals surface area (Å²) < 4.78 is 32.0. The van der Waals surface area contributed by atoms with Gasteiger partial charge in [-0.1, -0.05) is 0 Å². The molecule has 2 aromatic heterocycles. The van der Waals surface area contributed by atoms with Crippen LogP contribution in [0.5, 0.6) is 0 Å². The summed E-state index contributed by atoms with van der Waals surface area (Å²) >= 11 is 0. The second kappa shape index (κ2) is 6.61. The maximum Gasteiger partial charge on any atom is 0.226 e. The number of aromatic amines is 1. The van der Waals surface area contributed by atoms with Gasteiger partial charge in [-0.05, 0) is 19.1 Å². The van der Waals surface area contributed by atoms with Crippen molar-refractivity contribution >= 4 is 11.7 Å². The molecule has 24 heavy (non-hydrogen) atoms. The fourth-order valence-electron chi connectivity index (χ4n) is 2.15. The highest BCUT2D eigenvalue weighted by Crippen LogP contribution is 2.24. The van der Waals surface area contributed by atoms with Gasteiger partial charge in [-0.15, -0.1) is 0 Å². The summed E-state index contributed by atoms with van der Waals surface area (Å²) in [5.74, 6) is -0.716. The van der Waals surface area contributed by atoms with Crippen molar-refractivity contribution in [2.45, 2.75) is 19.8 Å². The fraction of sp³-hybridized carbons (Fsp3) is 0.188. The topological polar surface area (TPSA) is 83.8 Å². The zero-order chi connectivity index (χ0) is 17.1. The summed E-state index contributed by atoms with van der Waals surface area (Å²) in [4.78, 5) is 15.8. The number of anilines is 1. The molecule has 0 aliphatic carbocycles. The first-order valence-electron chi connectivity index (χ1n) is 7.23. The van der Waals surface area contributed by atoms with E-state index in [0.29, 0.717) is 11.7 Å². The van der Waals surface area contributed by atoms with E-state index in [9.17, 15) is 13.6 Å². The van der Waals surface area contributed by atoms with Gasteiger partial charge in [0.2, 0.25) is 5.91 Å². The maximum atomic E-state index is 13.7. The standard InChI is InChI=1S/C16H14F2N4O2/c1-9-6-14(22-21-9)20-15(23)4-5-16-19-8-13(24-16)11-3-2-10(17)7-12(11)18/h2-3,6-8H,4-5H2,1H3,(H2,20,21,22,23). The first-order valence-corrected chi connectivity index (χ1v) is 7.23. The van der Waals surface area contributed by atoms with Gasteiger partial charge in [-0.3, -0.25) is 9.89 Å². The average molecular weight is 332 g/mol. The van der Waals surface area contributed by atoms with E-state index < -0.39 is 11.6 Å². The molecule has 2 heterocycles. The SMILES string of the molecule is Cc1cc(NC(=O)CCc2ncc(-c3ccc(F)cc3F)o2)n[nH]1. The molecule has 3 rings (SSSR count). The minimum atomic E-state index is -0.732. The van der Waals surface area contributed by atoms with Crippen LogP contribution >= 0.6 is 0 Å². The van der Waals surface area contributed by atoms with Gasteiger partial charge in [0, 0.05) is 30.7 Å². The van der Waals surface area contributed by atoms with Crippen molar-refractivity contribution in [3.05, 3.63) is 53.7 Å². The van der Waals surface area contributed by atoms with Gasteiger partial charge in [0.25, 0.3) is 0 Å². The molecule has 124 valence electrons. The molecule has 0 radical (unpaired) electrons. The number of oxazole rings is 1. The third-order valence-corrected chi connectivity index (χ3v) is 3.29. The van der Waals surface area contributed by atoms with Gasteiger partial charge >= 0.3 is 0 Å². The van der Waals surface area contributed by atoms with Crippen LogP contribution in [0.25, 0.3) is 11.3 Å². The van der Waals surface area contributed by atoms with Crippen LogP contribution in [0.4, 0.5) is 14.6 Å². The molecule has 0 bridgehead atoms. The van der Waals surface area contributed by atoms with Crippen molar-refractivity contribution in [2.75, 3.05) is 5.32 Å². The van der Waals surface area contributed by atoms with Crippen LogP contribution in [0.3, 0.4) is 0 Å². The lowest BCUT2D eigenvalue weighted by Crippen LogP contribution is -2.12. The van der Waals surface area contributed by atoms with Crippen molar-refractivity contribution < 1.29 is 18.0 Å². The second-order valence-electron chi connectivity index (χ2n) is 5.23. The molecule has 0 aliphatic rings. The second-order valence-corrected chi connectivity index (χ2v) is 5.23. The Morgan fingerprint density at radius 1 is 1.33 bits per heavy atom. The number of aromatic nitrogens is 3. The molecular formula is C16H14F2N4O2. The number of H-pyrrole nitrogens is 1. The number of benzene rings is 1. The summed E-state index contributed by atoms with van der Waals surface area (Å²) in [6, 6.07) is 4.90. The van der Waals surface area contributed by atoms with Crippen LogP contribution in [-0.2, 0) is 11.2 Å². The number of hydrogen-bond donors (Lipinski definition) is 2. The van der Waals surface area contributed by atoms with E-state index in [4.69, 9.17) is 4.42 Å². The summed E-state index contributed by atoms with van der Waals surface area (Å²) in [6.45, 7) is 1.82. The van der Waals surface area contributed by atoms with E-state index in [2.05, 4.69) is 20.5 Å². The molecule has 0 spiro atoms. The fourth-order valence-corrected chi connectivity index (χ4v) is 2.15. The zero-order valence-corrected chi connectivity index (χ0v) is 12.8. The van der Waals surface area contributed by atoms with Gasteiger partial charge in [-0.2, -0.15) is 5.10 Å². The predicted molar refractivity (Wildman–Crippen MR) is 82.1 cm³/mol. The third kappa shape index (κ3) is 3.65. The molecule has 8 heteroatoms. The lowest BCUT2D eigenvalue weighted by atomic mass is 10.2. The zero-order valence-electron chi connectivity index (χ0n) is 12.8. The van der Waals surface area contributed by atoms with Gasteiger partial charge in [0.05, 0.1) is 11.8 Å². The van der Waals surface area contributed by atoms with Crippen LogP contribution in [-0.4, -0.2) is 21.1 Å². The van der Waals surface area contributed by atoms with E-state index >= 15 is 0 Å². The highest BCUT2D eigenvalue weighted by Gasteiger charge is 2.13. The van der Waals surface area contributed by atoms with Crippen molar-refractivity contribution in [3.8, 4) is 11.3 Å². The van der Waals surface area contributed by atoms with Gasteiger partial charge < -0.3 is 9.73 Å². The molecule has 0 unspecified atom stereocenters. The van der Waals surface area contributed by atoms with Gasteiger partial charge in [-0.25, -0.2) is 13.8 Å². The number of halogens is 2. The van der Waals surface area contributed by atoms with E-state index in [1.54, 1.807) is 6.07 Å². The third-order valence-electron chi connectivity index (χ3n) is 3.29. The summed E-state index contributed by atoms with van der Waals surface area (Å²) in [5.41, 5.74) is 0.954. The van der Waals surface area contributed by atoms with Crippen molar-refractivity contribution in [1.82, 2.24) is 15.2 Å². The molecule has 0 aliphatic heterocycles. The average Bonchev–Trinajstić information content (AvgIpc) is 3.14. The molecule has 2 N–H and O–H groups in total. The Morgan fingerprint density at radius 2 is 2.17 bits per heavy atom. The Kier molecular flexibility index (Phi) is 4.37. The van der Waals surface area contributed by atoms with E-state index in [-0.39, 0.29) is 30.1 Å². The minimum absolute atomic E-state index is 0.117. The van der Waals surface area contributed by atoms with Crippen LogP contribution < -0.4 is 5.32 Å². The highest BCUT2D eigenvalue weighted by atomic mass is 19.1. The number of hydrogen-bond acceptors (Lipinski definition) is 4. The number of aryl methyl sites for hydroxylation is 2. The molecule has 6 nitrogen and oxygen atoms in total. The smallest absolute Gasteiger partial charge is 0.226 e. The molecule has 0 atom stereocenters. The van der Waals surface area contributed by atoms with E-state index in [0.717, 1.165) is 17.8 Å². The van der Waals surface area contributed by atoms with Crippen LogP contribution in [0.1, 0.15) is 18.0 Å². The normalized spacial score (nSPS) is 10.8. The van der Waals surface area contributed by atoms with Crippen molar-refractivity contribution in [1.29, 1.82) is 0 Å². The highest BCUT2D eigenvalue weighted by molar-refractivity contribution is 5.89. The van der Waals surface area contributed by atoms with Gasteiger partial charge in [0.1, 0.15) is 11.6 Å². The molecule has 0 saturated heterocycles. The first kappa shape index (κ1) is 15.9. The van der Waals surface area contributed by atoms with Crippen LogP contribution in [0.2, 0.25) is 0 Å². The summed E-state index contributed by atoms with van der Waals surface area (Å²) in [6.07, 6.45) is 1.73. The maximum absolute atomic E-state index is 13.7. The number of rotatable bonds is 5.